The summed E-state index contributed by atoms with van der Waals surface area (Å²) in [5.74, 6) is 0.753. The molecule has 376 valence electrons. The lowest BCUT2D eigenvalue weighted by Crippen LogP contribution is -2.33. The Labute approximate surface area is 442 Å². The Morgan fingerprint density at radius 1 is 0.365 bits per heavy atom. The Hall–Kier alpha value is -7.30. The van der Waals surface area contributed by atoms with E-state index in [1.54, 1.807) is 0 Å². The Kier molecular flexibility index (Phi) is 12.8. The Morgan fingerprint density at radius 2 is 0.757 bits per heavy atom. The Balaban J connectivity index is 1.32. The van der Waals surface area contributed by atoms with E-state index in [4.69, 9.17) is 4.42 Å². The Morgan fingerprint density at radius 3 is 1.20 bits per heavy atom. The van der Waals surface area contributed by atoms with Crippen LogP contribution in [0.3, 0.4) is 0 Å². The smallest absolute Gasteiger partial charge is 0.205 e. The predicted molar refractivity (Wildman–Crippen MR) is 317 cm³/mol. The second-order valence-corrected chi connectivity index (χ2v) is 25.1. The second kappa shape index (κ2) is 18.9. The van der Waals surface area contributed by atoms with E-state index < -0.39 is 0 Å². The maximum atomic E-state index is 7.38. The van der Waals surface area contributed by atoms with E-state index in [0.717, 1.165) is 86.3 Å². The van der Waals surface area contributed by atoms with Crippen molar-refractivity contribution in [3.8, 4) is 11.1 Å². The summed E-state index contributed by atoms with van der Waals surface area (Å²) in [7, 11) is 0. The van der Waals surface area contributed by atoms with Gasteiger partial charge in [-0.25, -0.2) is 0 Å². The number of anilines is 9. The minimum absolute atomic E-state index is 0.00641. The maximum absolute atomic E-state index is 7.38. The first-order valence-corrected chi connectivity index (χ1v) is 26.7. The fourth-order valence-electron chi connectivity index (χ4n) is 10.9. The predicted octanol–water partition coefficient (Wildman–Crippen LogP) is 20.8. The van der Waals surface area contributed by atoms with E-state index in [1.807, 2.05) is 0 Å². The van der Waals surface area contributed by atoms with E-state index in [9.17, 15) is 0 Å². The molecule has 0 spiro atoms. The van der Waals surface area contributed by atoms with Gasteiger partial charge in [-0.3, -0.25) is 4.90 Å². The number of hydrogen-bond acceptors (Lipinski definition) is 4. The van der Waals surface area contributed by atoms with Crippen LogP contribution in [0.5, 0.6) is 0 Å². The van der Waals surface area contributed by atoms with E-state index in [0.29, 0.717) is 0 Å². The molecule has 9 aromatic rings. The highest BCUT2D eigenvalue weighted by atomic mass is 16.4. The summed E-state index contributed by atoms with van der Waals surface area (Å²) < 4.78 is 7.38. The quantitative estimate of drug-likeness (QED) is 0.136. The summed E-state index contributed by atoms with van der Waals surface area (Å²) in [4.78, 5) is 7.19. The van der Waals surface area contributed by atoms with E-state index in [1.165, 1.54) is 27.8 Å². The summed E-state index contributed by atoms with van der Waals surface area (Å²) in [5, 5.41) is 1.10. The van der Waals surface area contributed by atoms with Gasteiger partial charge in [0.05, 0.1) is 22.7 Å². The summed E-state index contributed by atoms with van der Waals surface area (Å²) in [5.41, 5.74) is 18.0. The number of fused-ring (bicyclic) bond motifs is 2. The van der Waals surface area contributed by atoms with Crippen molar-refractivity contribution in [3.05, 3.63) is 222 Å². The molecule has 0 saturated carbocycles. The zero-order chi connectivity index (χ0) is 52.4. The van der Waals surface area contributed by atoms with Crippen LogP contribution in [0.15, 0.2) is 199 Å². The minimum atomic E-state index is -0.0878. The Bertz CT molecular complexity index is 3270. The van der Waals surface area contributed by atoms with Gasteiger partial charge in [-0.1, -0.05) is 187 Å². The van der Waals surface area contributed by atoms with Gasteiger partial charge in [0.25, 0.3) is 0 Å². The van der Waals surface area contributed by atoms with Crippen molar-refractivity contribution in [2.24, 2.45) is 0 Å². The molecule has 1 aromatic heterocycles. The van der Waals surface area contributed by atoms with Gasteiger partial charge < -0.3 is 14.2 Å². The summed E-state index contributed by atoms with van der Waals surface area (Å²) in [6.45, 7) is 30.2. The molecule has 0 saturated heterocycles. The average molecular weight is 974 g/mol. The third-order valence-electron chi connectivity index (χ3n) is 15.6. The number of furan rings is 1. The number of nitrogens with zero attached hydrogens (tertiary/aromatic N) is 3. The first-order valence-electron chi connectivity index (χ1n) is 26.7. The van der Waals surface area contributed by atoms with Crippen molar-refractivity contribution in [3.63, 3.8) is 0 Å². The van der Waals surface area contributed by atoms with E-state index in [2.05, 4.69) is 299 Å². The van der Waals surface area contributed by atoms with Gasteiger partial charge in [-0.15, -0.1) is 0 Å². The highest BCUT2D eigenvalue weighted by Crippen LogP contribution is 2.52. The average Bonchev–Trinajstić information content (AvgIpc) is 3.79. The topological polar surface area (TPSA) is 22.9 Å². The lowest BCUT2D eigenvalue weighted by molar-refractivity contribution is 0.332. The van der Waals surface area contributed by atoms with Crippen LogP contribution in [-0.4, -0.2) is 0 Å². The molecule has 1 aliphatic carbocycles. The second-order valence-electron chi connectivity index (χ2n) is 25.1. The van der Waals surface area contributed by atoms with Gasteiger partial charge in [0.15, 0.2) is 0 Å². The molecule has 0 aliphatic heterocycles. The zero-order valence-electron chi connectivity index (χ0n) is 46.1. The van der Waals surface area contributed by atoms with Gasteiger partial charge in [-0.2, -0.15) is 0 Å². The van der Waals surface area contributed by atoms with Crippen LogP contribution in [0.25, 0.3) is 22.1 Å². The highest BCUT2D eigenvalue weighted by molar-refractivity contribution is 5.95. The van der Waals surface area contributed by atoms with Gasteiger partial charge in [0.2, 0.25) is 5.88 Å². The third kappa shape index (κ3) is 9.92. The number of benzene rings is 8. The molecule has 0 unspecified atom stereocenters. The fourth-order valence-corrected chi connectivity index (χ4v) is 10.9. The molecule has 10 rings (SSSR count). The van der Waals surface area contributed by atoms with Crippen LogP contribution in [0, 0.1) is 0 Å². The molecule has 4 heteroatoms. The summed E-state index contributed by atoms with van der Waals surface area (Å²) >= 11 is 0. The zero-order valence-corrected chi connectivity index (χ0v) is 46.1. The number of rotatable bonds is 10. The van der Waals surface area contributed by atoms with Crippen molar-refractivity contribution in [1.82, 2.24) is 0 Å². The molecule has 0 N–H and O–H groups in total. The molecule has 8 aromatic carbocycles. The lowest BCUT2D eigenvalue weighted by Gasteiger charge is -2.41. The van der Waals surface area contributed by atoms with Crippen molar-refractivity contribution in [2.45, 2.75) is 130 Å². The molecule has 1 heterocycles. The van der Waals surface area contributed by atoms with Crippen LogP contribution >= 0.6 is 0 Å². The standard InChI is InChI=1S/C70H75N3O/c1-66(2,3)50-29-34-55(35-30-50)72(56-36-31-51(32-37-56)67(4,5)6)58-44-57(71(53-25-19-15-20-26-53)54-27-21-16-22-28-54)45-59(46-58)73(63-38-33-52(68(7,8)9)43-60(63)48-23-17-14-18-24-48)65-42-49-41-61-62(47-64(49)74-65)70(12,13)40-39-69(61,10)11/h14-38,41-47H,39-40H2,1-13H3. The van der Waals surface area contributed by atoms with Crippen molar-refractivity contribution in [2.75, 3.05) is 14.7 Å². The minimum Gasteiger partial charge on any atom is -0.440 e. The number of hydrogen-bond donors (Lipinski definition) is 0. The third-order valence-corrected chi connectivity index (χ3v) is 15.6. The van der Waals surface area contributed by atoms with Crippen LogP contribution in [0.2, 0.25) is 0 Å². The maximum Gasteiger partial charge on any atom is 0.205 e. The van der Waals surface area contributed by atoms with Crippen molar-refractivity contribution >= 4 is 62.4 Å². The highest BCUT2D eigenvalue weighted by Gasteiger charge is 2.38. The lowest BCUT2D eigenvalue weighted by atomic mass is 9.63. The van der Waals surface area contributed by atoms with E-state index >= 15 is 0 Å². The van der Waals surface area contributed by atoms with Crippen LogP contribution in [0.4, 0.5) is 51.4 Å². The monoisotopic (exact) mass is 974 g/mol. The largest absolute Gasteiger partial charge is 0.440 e. The van der Waals surface area contributed by atoms with E-state index in [-0.39, 0.29) is 27.1 Å². The molecule has 4 nitrogen and oxygen atoms in total. The molecule has 0 bridgehead atoms. The first kappa shape index (κ1) is 50.2. The van der Waals surface area contributed by atoms with Crippen LogP contribution in [-0.2, 0) is 27.1 Å². The van der Waals surface area contributed by atoms with Crippen LogP contribution in [0.1, 0.15) is 131 Å². The molecular weight excluding hydrogens is 899 g/mol. The first-order chi connectivity index (χ1) is 35.0. The summed E-state index contributed by atoms with van der Waals surface area (Å²) in [6.07, 6.45) is 2.27. The molecule has 0 radical (unpaired) electrons. The van der Waals surface area contributed by atoms with Gasteiger partial charge >= 0.3 is 0 Å². The van der Waals surface area contributed by atoms with Gasteiger partial charge in [-0.05, 0) is 164 Å². The van der Waals surface area contributed by atoms with Gasteiger partial charge in [0.1, 0.15) is 5.58 Å². The normalized spacial score (nSPS) is 14.4. The number of para-hydroxylation sites is 2. The van der Waals surface area contributed by atoms with Crippen LogP contribution < -0.4 is 14.7 Å². The molecule has 0 amide bonds. The van der Waals surface area contributed by atoms with Crippen molar-refractivity contribution < 1.29 is 4.42 Å². The molecule has 74 heavy (non-hydrogen) atoms. The van der Waals surface area contributed by atoms with Gasteiger partial charge in [0, 0.05) is 39.8 Å². The fraction of sp³-hybridized carbons (Fsp3) is 0.286. The molecule has 1 aliphatic rings. The molecule has 0 atom stereocenters. The molecule has 0 fully saturated rings. The van der Waals surface area contributed by atoms with Crippen molar-refractivity contribution in [1.29, 1.82) is 0 Å². The SMILES string of the molecule is CC(C)(C)c1ccc(N(c2ccc(C(C)(C)C)cc2)c2cc(N(c3ccccc3)c3ccccc3)cc(N(c3cc4cc5c(cc4o3)C(C)(C)CCC5(C)C)c3ccc(C(C)(C)C)cc3-c3ccccc3)c2)cc1. The molecular formula is C70H75N3O. The summed E-state index contributed by atoms with van der Waals surface area (Å²) in [6, 6.07) is 71.9.